The Kier molecular flexibility index (Phi) is 7.64. The molecule has 0 amide bonds. The summed E-state index contributed by atoms with van der Waals surface area (Å²) in [4.78, 5) is 48.0. The summed E-state index contributed by atoms with van der Waals surface area (Å²) in [7, 11) is -5.42. The maximum absolute atomic E-state index is 17.4. The molecule has 0 radical (unpaired) electrons. The number of phosphoric ester groups is 1. The molecule has 1 saturated heterocycles. The zero-order valence-electron chi connectivity index (χ0n) is 21.6. The fourth-order valence-electron chi connectivity index (χ4n) is 8.90. The summed E-state index contributed by atoms with van der Waals surface area (Å²) in [5.74, 6) is -2.96. The van der Waals surface area contributed by atoms with Gasteiger partial charge in [-0.2, -0.15) is 0 Å². The van der Waals surface area contributed by atoms with E-state index in [1.54, 1.807) is 20.8 Å². The van der Waals surface area contributed by atoms with Crippen LogP contribution in [0.4, 0.5) is 4.39 Å². The van der Waals surface area contributed by atoms with Crippen molar-refractivity contribution in [1.29, 1.82) is 0 Å². The van der Waals surface area contributed by atoms with E-state index in [4.69, 9.17) is 9.47 Å². The third-order valence-electron chi connectivity index (χ3n) is 10.3. The predicted octanol–water partition coefficient (Wildman–Crippen LogP) is -1.42. The van der Waals surface area contributed by atoms with Gasteiger partial charge in [0.2, 0.25) is 0 Å². The van der Waals surface area contributed by atoms with E-state index in [0.29, 0.717) is 32.1 Å². The van der Waals surface area contributed by atoms with Gasteiger partial charge in [0.05, 0.1) is 20.0 Å². The van der Waals surface area contributed by atoms with Crippen molar-refractivity contribution in [3.05, 3.63) is 0 Å². The van der Waals surface area contributed by atoms with Crippen LogP contribution in [0.1, 0.15) is 72.6 Å². The first-order chi connectivity index (χ1) is 16.0. The molecule has 4 saturated carbocycles. The van der Waals surface area contributed by atoms with Crippen molar-refractivity contribution < 1.29 is 98.8 Å². The van der Waals surface area contributed by atoms with Crippen LogP contribution in [-0.4, -0.2) is 52.5 Å². The van der Waals surface area contributed by atoms with Crippen molar-refractivity contribution in [3.63, 3.8) is 0 Å². The number of rotatable bonds is 4. The number of aliphatic hydroxyl groups excluding tert-OH is 1. The topological polar surface area (TPSA) is 145 Å². The molecule has 12 heteroatoms. The Hall–Kier alpha value is 0.896. The molecule has 0 aromatic carbocycles. The number of alkyl halides is 1. The molecule has 9 atom stereocenters. The van der Waals surface area contributed by atoms with Crippen LogP contribution in [-0.2, 0) is 28.2 Å². The first-order valence-corrected chi connectivity index (χ1v) is 13.9. The van der Waals surface area contributed by atoms with Crippen molar-refractivity contribution in [2.45, 2.75) is 102 Å². The first kappa shape index (κ1) is 29.9. The normalized spacial score (nSPS) is 49.3. The number of halogens is 1. The molecule has 4 aliphatic carbocycles. The van der Waals surface area contributed by atoms with Crippen LogP contribution >= 0.6 is 7.82 Å². The number of ether oxygens (including phenoxy) is 2. The Morgan fingerprint density at radius 2 is 1.86 bits per heavy atom. The monoisotopic (exact) mass is 555 g/mol. The Morgan fingerprint density at radius 3 is 2.50 bits per heavy atom. The molecule has 0 bridgehead atoms. The standard InChI is InChI=1S/C24H36FO9P.K/c1-20(2)33-19-10-16-15-6-5-13-9-14(26)7-8-21(13,3)23(15,25)17(27)11-22(16,4)24(19,34-20)18(28)12-32-35(29,30)31;/h13,15-17,19,27H,5-12H2,1-4H3,(H2,29,30,31);/q;+1/p-2/t13-,15-,16-,17-,19+,21-,22-,23-,24+;/m0./s1. The van der Waals surface area contributed by atoms with Crippen LogP contribution in [0.25, 0.3) is 0 Å². The summed E-state index contributed by atoms with van der Waals surface area (Å²) in [5, 5.41) is 11.5. The number of carbonyl (C=O) groups excluding carboxylic acids is 2. The molecule has 5 rings (SSSR count). The van der Waals surface area contributed by atoms with Gasteiger partial charge in [-0.15, -0.1) is 0 Å². The summed E-state index contributed by atoms with van der Waals surface area (Å²) in [6.45, 7) is 5.88. The van der Waals surface area contributed by atoms with E-state index >= 15 is 4.39 Å². The largest absolute Gasteiger partial charge is 1.00 e. The van der Waals surface area contributed by atoms with Gasteiger partial charge in [-0.25, -0.2) is 4.39 Å². The van der Waals surface area contributed by atoms with Crippen LogP contribution in [0.2, 0.25) is 0 Å². The molecule has 5 aliphatic rings. The van der Waals surface area contributed by atoms with Gasteiger partial charge in [-0.05, 0) is 63.7 Å². The van der Waals surface area contributed by atoms with Gasteiger partial charge in [0.1, 0.15) is 18.1 Å². The molecule has 5 fully saturated rings. The van der Waals surface area contributed by atoms with E-state index in [1.807, 2.05) is 6.92 Å². The van der Waals surface area contributed by atoms with Crippen molar-refractivity contribution in [2.75, 3.05) is 6.61 Å². The molecule has 0 aromatic rings. The summed E-state index contributed by atoms with van der Waals surface area (Å²) in [6.07, 6.45) is 0.0307. The molecule has 1 aliphatic heterocycles. The molecule has 0 aromatic heterocycles. The summed E-state index contributed by atoms with van der Waals surface area (Å²) in [6, 6.07) is 0. The SMILES string of the molecule is CC1(C)O[C@@H]2C[C@H]3[C@@H]4CC[C@H]5CC(=O)CC[C@]5(C)[C@@]4(F)[C@@H](O)C[C@]3(C)[C@]2(C(=O)COP(=O)([O-])[O-])O1.[K+]. The molecule has 1 heterocycles. The predicted molar refractivity (Wildman–Crippen MR) is 115 cm³/mol. The number of carbonyl (C=O) groups is 2. The molecule has 1 N–H and O–H groups in total. The summed E-state index contributed by atoms with van der Waals surface area (Å²) in [5.41, 5.74) is -5.61. The third-order valence-corrected chi connectivity index (χ3v) is 10.8. The first-order valence-electron chi connectivity index (χ1n) is 12.5. The molecule has 36 heavy (non-hydrogen) atoms. The van der Waals surface area contributed by atoms with Crippen LogP contribution in [0.5, 0.6) is 0 Å². The fraction of sp³-hybridized carbons (Fsp3) is 0.917. The smallest absolute Gasteiger partial charge is 0.790 e. The van der Waals surface area contributed by atoms with Crippen molar-refractivity contribution >= 4 is 19.4 Å². The number of fused-ring (bicyclic) bond motifs is 7. The minimum atomic E-state index is -5.42. The molecular weight excluding hydrogens is 521 g/mol. The van der Waals surface area contributed by atoms with Crippen LogP contribution < -0.4 is 61.2 Å². The number of Topliss-reactive ketones (excluding diaryl/α,β-unsaturated/α-hetero) is 2. The van der Waals surface area contributed by atoms with Gasteiger partial charge in [0.15, 0.2) is 17.2 Å². The van der Waals surface area contributed by atoms with E-state index < -0.39 is 72.1 Å². The summed E-state index contributed by atoms with van der Waals surface area (Å²) >= 11 is 0. The molecule has 198 valence electrons. The van der Waals surface area contributed by atoms with E-state index in [9.17, 15) is 29.0 Å². The average Bonchev–Trinajstić information content (AvgIpc) is 3.14. The number of phosphoric acid groups is 1. The molecule has 0 unspecified atom stereocenters. The van der Waals surface area contributed by atoms with Gasteiger partial charge in [-0.1, -0.05) is 13.8 Å². The van der Waals surface area contributed by atoms with Gasteiger partial charge in [-0.3, -0.25) is 9.59 Å². The number of aliphatic hydroxyl groups is 1. The van der Waals surface area contributed by atoms with Gasteiger partial charge in [0, 0.05) is 23.7 Å². The van der Waals surface area contributed by atoms with Gasteiger partial charge < -0.3 is 33.5 Å². The maximum Gasteiger partial charge on any atom is 1.00 e. The van der Waals surface area contributed by atoms with E-state index in [2.05, 4.69) is 4.52 Å². The fourth-order valence-corrected chi connectivity index (χ4v) is 9.17. The van der Waals surface area contributed by atoms with Gasteiger partial charge >= 0.3 is 51.4 Å². The van der Waals surface area contributed by atoms with Gasteiger partial charge in [0.25, 0.3) is 0 Å². The van der Waals surface area contributed by atoms with Crippen LogP contribution in [0.15, 0.2) is 0 Å². The van der Waals surface area contributed by atoms with Crippen molar-refractivity contribution in [3.8, 4) is 0 Å². The minimum Gasteiger partial charge on any atom is -0.790 e. The Morgan fingerprint density at radius 1 is 1.19 bits per heavy atom. The molecule has 9 nitrogen and oxygen atoms in total. The third kappa shape index (κ3) is 4.02. The quantitative estimate of drug-likeness (QED) is 0.326. The summed E-state index contributed by atoms with van der Waals surface area (Å²) < 4.78 is 45.2. The number of hydrogen-bond acceptors (Lipinski definition) is 9. The van der Waals surface area contributed by atoms with Crippen LogP contribution in [0.3, 0.4) is 0 Å². The van der Waals surface area contributed by atoms with Crippen molar-refractivity contribution in [2.24, 2.45) is 28.6 Å². The second kappa shape index (κ2) is 9.21. The Balaban J connectivity index is 0.00000304. The zero-order chi connectivity index (χ0) is 25.8. The zero-order valence-corrected chi connectivity index (χ0v) is 25.6. The molecule has 0 spiro atoms. The van der Waals surface area contributed by atoms with E-state index in [1.165, 1.54) is 0 Å². The second-order valence-corrected chi connectivity index (χ2v) is 13.4. The van der Waals surface area contributed by atoms with Crippen LogP contribution in [0, 0.1) is 28.6 Å². The maximum atomic E-state index is 17.4. The van der Waals surface area contributed by atoms with E-state index in [0.717, 1.165) is 0 Å². The molecular formula is C24H34FKO9P-. The average molecular weight is 556 g/mol. The van der Waals surface area contributed by atoms with Crippen molar-refractivity contribution in [1.82, 2.24) is 0 Å². The second-order valence-electron chi connectivity index (χ2n) is 12.3. The van der Waals surface area contributed by atoms with E-state index in [-0.39, 0.29) is 75.9 Å². The Labute approximate surface area is 253 Å². The Bertz CT molecular complexity index is 1000. The number of ketones is 2. The number of hydrogen-bond donors (Lipinski definition) is 1. The minimum absolute atomic E-state index is 0.